The topological polar surface area (TPSA) is 50.8 Å². The van der Waals surface area contributed by atoms with E-state index in [2.05, 4.69) is 19.2 Å². The largest absolute Gasteiger partial charge is 0.489 e. The molecule has 1 heterocycles. The molecule has 2 rings (SSSR count). The summed E-state index contributed by atoms with van der Waals surface area (Å²) in [5, 5.41) is 2.80. The van der Waals surface area contributed by atoms with Gasteiger partial charge in [0.25, 0.3) is 0 Å². The maximum Gasteiger partial charge on any atom is 0.322 e. The van der Waals surface area contributed by atoms with E-state index in [4.69, 9.17) is 9.47 Å². The van der Waals surface area contributed by atoms with E-state index in [-0.39, 0.29) is 18.2 Å². The van der Waals surface area contributed by atoms with Crippen LogP contribution in [0.1, 0.15) is 34.1 Å². The van der Waals surface area contributed by atoms with Crippen molar-refractivity contribution in [2.24, 2.45) is 5.92 Å². The van der Waals surface area contributed by atoms with Crippen molar-refractivity contribution in [2.45, 2.75) is 46.3 Å². The third-order valence-corrected chi connectivity index (χ3v) is 3.78. The van der Waals surface area contributed by atoms with Crippen LogP contribution in [0.3, 0.4) is 0 Å². The summed E-state index contributed by atoms with van der Waals surface area (Å²) in [6, 6.07) is 3.93. The monoisotopic (exact) mass is 338 g/mol. The quantitative estimate of drug-likeness (QED) is 0.886. The Labute approximate surface area is 143 Å². The third-order valence-electron chi connectivity index (χ3n) is 3.78. The Morgan fingerprint density at radius 2 is 2.17 bits per heavy atom. The summed E-state index contributed by atoms with van der Waals surface area (Å²) in [5.74, 6) is 0.511. The minimum absolute atomic E-state index is 0.0294. The van der Waals surface area contributed by atoms with Crippen LogP contribution < -0.4 is 10.1 Å². The molecule has 1 fully saturated rings. The van der Waals surface area contributed by atoms with E-state index in [9.17, 15) is 9.18 Å². The highest BCUT2D eigenvalue weighted by atomic mass is 19.1. The third kappa shape index (κ3) is 5.09. The first-order chi connectivity index (χ1) is 11.4. The number of amides is 2. The zero-order valence-electron chi connectivity index (χ0n) is 14.8. The van der Waals surface area contributed by atoms with Crippen molar-refractivity contribution in [2.75, 3.05) is 25.1 Å². The number of nitrogens with zero attached hydrogens (tertiary/aromatic N) is 1. The number of halogens is 1. The van der Waals surface area contributed by atoms with Gasteiger partial charge in [-0.2, -0.15) is 0 Å². The van der Waals surface area contributed by atoms with Crippen LogP contribution >= 0.6 is 0 Å². The van der Waals surface area contributed by atoms with Crippen LogP contribution in [0, 0.1) is 11.7 Å². The van der Waals surface area contributed by atoms with Crippen LogP contribution in [0.25, 0.3) is 0 Å². The normalized spacial score (nSPS) is 18.1. The van der Waals surface area contributed by atoms with Gasteiger partial charge in [-0.3, -0.25) is 0 Å². The molecule has 5 nitrogen and oxygen atoms in total. The molecule has 1 aromatic rings. The van der Waals surface area contributed by atoms with Gasteiger partial charge in [0, 0.05) is 12.6 Å². The summed E-state index contributed by atoms with van der Waals surface area (Å²) in [7, 11) is 0. The van der Waals surface area contributed by atoms with Gasteiger partial charge in [0.1, 0.15) is 11.6 Å². The minimum atomic E-state index is -0.415. The second-order valence-electron chi connectivity index (χ2n) is 6.79. The van der Waals surface area contributed by atoms with Crippen LogP contribution in [0.5, 0.6) is 5.75 Å². The summed E-state index contributed by atoms with van der Waals surface area (Å²) >= 11 is 0. The highest BCUT2D eigenvalue weighted by molar-refractivity contribution is 5.91. The lowest BCUT2D eigenvalue weighted by Gasteiger charge is -2.36. The Hall–Kier alpha value is -1.82. The standard InChI is InChI=1S/C18H27FN2O3/c1-12(2)9-15-11-23-8-7-21(15)18(22)20-16-10-14(19)5-6-17(16)24-13(3)4/h5-6,10,12-13,15H,7-9,11H2,1-4H3,(H,20,22). The fourth-order valence-electron chi connectivity index (χ4n) is 2.81. The maximum atomic E-state index is 13.6. The fraction of sp³-hybridized carbons (Fsp3) is 0.611. The Balaban J connectivity index is 2.14. The lowest BCUT2D eigenvalue weighted by molar-refractivity contribution is 0.00855. The number of hydrogen-bond acceptors (Lipinski definition) is 3. The van der Waals surface area contributed by atoms with E-state index in [0.29, 0.717) is 37.1 Å². The number of benzene rings is 1. The molecule has 0 bridgehead atoms. The second-order valence-corrected chi connectivity index (χ2v) is 6.79. The Bertz CT molecular complexity index is 563. The molecular weight excluding hydrogens is 311 g/mol. The average Bonchev–Trinajstić information content (AvgIpc) is 2.49. The molecule has 0 radical (unpaired) electrons. The molecule has 0 aromatic heterocycles. The molecule has 134 valence electrons. The molecule has 2 amide bonds. The van der Waals surface area contributed by atoms with Crippen LogP contribution in [0.2, 0.25) is 0 Å². The number of carbonyl (C=O) groups excluding carboxylic acids is 1. The highest BCUT2D eigenvalue weighted by Crippen LogP contribution is 2.27. The SMILES string of the molecule is CC(C)CC1COCCN1C(=O)Nc1cc(F)ccc1OC(C)C. The molecule has 1 aliphatic rings. The molecule has 0 saturated carbocycles. The van der Waals surface area contributed by atoms with Gasteiger partial charge in [0.2, 0.25) is 0 Å². The number of nitrogens with one attached hydrogen (secondary N) is 1. The van der Waals surface area contributed by atoms with E-state index >= 15 is 0 Å². The molecule has 1 atom stereocenters. The van der Waals surface area contributed by atoms with Crippen LogP contribution in [-0.2, 0) is 4.74 Å². The van der Waals surface area contributed by atoms with Gasteiger partial charge in [-0.15, -0.1) is 0 Å². The van der Waals surface area contributed by atoms with Gasteiger partial charge in [-0.05, 0) is 38.3 Å². The number of carbonyl (C=O) groups is 1. The van der Waals surface area contributed by atoms with E-state index in [1.165, 1.54) is 18.2 Å². The number of rotatable bonds is 5. The first-order valence-corrected chi connectivity index (χ1v) is 8.48. The molecule has 1 N–H and O–H groups in total. The molecule has 1 aromatic carbocycles. The van der Waals surface area contributed by atoms with Gasteiger partial charge < -0.3 is 19.7 Å². The molecule has 1 saturated heterocycles. The summed E-state index contributed by atoms with van der Waals surface area (Å²) in [6.07, 6.45) is 0.800. The smallest absolute Gasteiger partial charge is 0.322 e. The summed E-state index contributed by atoms with van der Waals surface area (Å²) in [4.78, 5) is 14.5. The lowest BCUT2D eigenvalue weighted by Crippen LogP contribution is -2.50. The molecule has 0 spiro atoms. The van der Waals surface area contributed by atoms with Gasteiger partial charge in [-0.25, -0.2) is 9.18 Å². The molecule has 1 aliphatic heterocycles. The van der Waals surface area contributed by atoms with Crippen LogP contribution in [-0.4, -0.2) is 42.8 Å². The highest BCUT2D eigenvalue weighted by Gasteiger charge is 2.28. The average molecular weight is 338 g/mol. The van der Waals surface area contributed by atoms with Crippen molar-refractivity contribution in [3.8, 4) is 5.75 Å². The van der Waals surface area contributed by atoms with E-state index in [1.54, 1.807) is 4.90 Å². The van der Waals surface area contributed by atoms with Crippen molar-refractivity contribution in [3.05, 3.63) is 24.0 Å². The number of hydrogen-bond donors (Lipinski definition) is 1. The molecular formula is C18H27FN2O3. The Kier molecular flexibility index (Phi) is 6.43. The van der Waals surface area contributed by atoms with Crippen molar-refractivity contribution in [3.63, 3.8) is 0 Å². The van der Waals surface area contributed by atoms with Gasteiger partial charge in [-0.1, -0.05) is 13.8 Å². The number of morpholine rings is 1. The molecule has 1 unspecified atom stereocenters. The van der Waals surface area contributed by atoms with Gasteiger partial charge >= 0.3 is 6.03 Å². The predicted molar refractivity (Wildman–Crippen MR) is 92.0 cm³/mol. The van der Waals surface area contributed by atoms with Gasteiger partial charge in [0.05, 0.1) is 31.0 Å². The second kappa shape index (κ2) is 8.33. The molecule has 0 aliphatic carbocycles. The summed E-state index contributed by atoms with van der Waals surface area (Å²) < 4.78 is 24.7. The maximum absolute atomic E-state index is 13.6. The molecule has 24 heavy (non-hydrogen) atoms. The zero-order valence-corrected chi connectivity index (χ0v) is 14.8. The van der Waals surface area contributed by atoms with Crippen molar-refractivity contribution < 1.29 is 18.7 Å². The zero-order chi connectivity index (χ0) is 17.7. The van der Waals surface area contributed by atoms with Gasteiger partial charge in [0.15, 0.2) is 0 Å². The van der Waals surface area contributed by atoms with Crippen molar-refractivity contribution in [1.29, 1.82) is 0 Å². The first-order valence-electron chi connectivity index (χ1n) is 8.48. The predicted octanol–water partition coefficient (Wildman–Crippen LogP) is 3.89. The Morgan fingerprint density at radius 3 is 2.83 bits per heavy atom. The number of ether oxygens (including phenoxy) is 2. The molecule has 6 heteroatoms. The van der Waals surface area contributed by atoms with Crippen LogP contribution in [0.4, 0.5) is 14.9 Å². The first kappa shape index (κ1) is 18.5. The van der Waals surface area contributed by atoms with E-state index in [1.807, 2.05) is 13.8 Å². The van der Waals surface area contributed by atoms with Crippen molar-refractivity contribution in [1.82, 2.24) is 4.90 Å². The van der Waals surface area contributed by atoms with Crippen LogP contribution in [0.15, 0.2) is 18.2 Å². The fourth-order valence-corrected chi connectivity index (χ4v) is 2.81. The van der Waals surface area contributed by atoms with E-state index < -0.39 is 5.82 Å². The lowest BCUT2D eigenvalue weighted by atomic mass is 10.0. The Morgan fingerprint density at radius 1 is 1.42 bits per heavy atom. The summed E-state index contributed by atoms with van der Waals surface area (Å²) in [6.45, 7) is 9.58. The van der Waals surface area contributed by atoms with Crippen molar-refractivity contribution >= 4 is 11.7 Å². The summed E-state index contributed by atoms with van der Waals surface area (Å²) in [5.41, 5.74) is 0.350. The minimum Gasteiger partial charge on any atom is -0.489 e. The number of urea groups is 1. The van der Waals surface area contributed by atoms with E-state index in [0.717, 1.165) is 6.42 Å². The number of anilines is 1.